The second kappa shape index (κ2) is 5.70. The van der Waals surface area contributed by atoms with Crippen LogP contribution in [0.2, 0.25) is 0 Å². The minimum Gasteiger partial charge on any atom is -0.378 e. The van der Waals surface area contributed by atoms with Gasteiger partial charge in [-0.1, -0.05) is 6.07 Å². The zero-order chi connectivity index (χ0) is 14.7. The molecule has 0 aliphatic heterocycles. The fourth-order valence-corrected chi connectivity index (χ4v) is 1.98. The van der Waals surface area contributed by atoms with E-state index in [0.717, 1.165) is 11.5 Å². The maximum atomic E-state index is 12.9. The number of hydrogen-bond acceptors (Lipinski definition) is 4. The molecule has 0 unspecified atom stereocenters. The van der Waals surface area contributed by atoms with Crippen molar-refractivity contribution in [1.29, 1.82) is 0 Å². The molecule has 0 aliphatic carbocycles. The van der Waals surface area contributed by atoms with Gasteiger partial charge in [0.05, 0.1) is 6.54 Å². The minimum absolute atomic E-state index is 0.256. The van der Waals surface area contributed by atoms with E-state index in [1.165, 1.54) is 12.1 Å². The predicted octanol–water partition coefficient (Wildman–Crippen LogP) is 2.72. The molecule has 0 amide bonds. The standard InChI is InChI=1S/C15H14FN5/c1-11-19-15(10-18-13-7-5-12(16)6-8-13)21(20-11)14-4-2-3-9-17-14/h2-9,18H,10H2,1H3. The van der Waals surface area contributed by atoms with Crippen molar-refractivity contribution in [1.82, 2.24) is 19.7 Å². The summed E-state index contributed by atoms with van der Waals surface area (Å²) < 4.78 is 14.6. The van der Waals surface area contributed by atoms with Crippen molar-refractivity contribution in [2.24, 2.45) is 0 Å². The summed E-state index contributed by atoms with van der Waals surface area (Å²) in [5, 5.41) is 7.54. The summed E-state index contributed by atoms with van der Waals surface area (Å²) in [5.74, 6) is 1.88. The number of aryl methyl sites for hydroxylation is 1. The highest BCUT2D eigenvalue weighted by molar-refractivity contribution is 5.43. The highest BCUT2D eigenvalue weighted by Crippen LogP contribution is 2.12. The zero-order valence-corrected chi connectivity index (χ0v) is 11.5. The Morgan fingerprint density at radius 1 is 1.14 bits per heavy atom. The number of anilines is 1. The van der Waals surface area contributed by atoms with Gasteiger partial charge < -0.3 is 5.32 Å². The van der Waals surface area contributed by atoms with Gasteiger partial charge in [0.15, 0.2) is 11.6 Å². The average molecular weight is 283 g/mol. The Morgan fingerprint density at radius 2 is 1.95 bits per heavy atom. The van der Waals surface area contributed by atoms with Gasteiger partial charge in [-0.2, -0.15) is 4.68 Å². The quantitative estimate of drug-likeness (QED) is 0.800. The summed E-state index contributed by atoms with van der Waals surface area (Å²) in [7, 11) is 0. The molecule has 0 saturated carbocycles. The van der Waals surface area contributed by atoms with Crippen LogP contribution in [-0.4, -0.2) is 19.7 Å². The van der Waals surface area contributed by atoms with E-state index in [4.69, 9.17) is 0 Å². The van der Waals surface area contributed by atoms with Gasteiger partial charge in [0.1, 0.15) is 11.6 Å². The lowest BCUT2D eigenvalue weighted by Crippen LogP contribution is -2.09. The first-order valence-corrected chi connectivity index (χ1v) is 6.56. The number of halogens is 1. The van der Waals surface area contributed by atoms with Gasteiger partial charge in [-0.3, -0.25) is 0 Å². The smallest absolute Gasteiger partial charge is 0.155 e. The van der Waals surface area contributed by atoms with Crippen LogP contribution in [0.15, 0.2) is 48.7 Å². The zero-order valence-electron chi connectivity index (χ0n) is 11.5. The number of aromatic nitrogens is 4. The Balaban J connectivity index is 1.81. The Hall–Kier alpha value is -2.76. The van der Waals surface area contributed by atoms with Crippen molar-refractivity contribution in [2.45, 2.75) is 13.5 Å². The second-order valence-corrected chi connectivity index (χ2v) is 4.54. The fraction of sp³-hybridized carbons (Fsp3) is 0.133. The number of pyridine rings is 1. The molecule has 0 saturated heterocycles. The molecule has 0 aliphatic rings. The van der Waals surface area contributed by atoms with Crippen LogP contribution in [0.3, 0.4) is 0 Å². The van der Waals surface area contributed by atoms with Crippen LogP contribution in [0.1, 0.15) is 11.6 Å². The van der Waals surface area contributed by atoms with E-state index in [9.17, 15) is 4.39 Å². The van der Waals surface area contributed by atoms with Crippen LogP contribution < -0.4 is 5.32 Å². The molecule has 21 heavy (non-hydrogen) atoms. The summed E-state index contributed by atoms with van der Waals surface area (Å²) in [6.45, 7) is 2.31. The molecule has 106 valence electrons. The van der Waals surface area contributed by atoms with Crippen molar-refractivity contribution in [3.05, 3.63) is 66.1 Å². The van der Waals surface area contributed by atoms with E-state index >= 15 is 0 Å². The highest BCUT2D eigenvalue weighted by atomic mass is 19.1. The molecule has 2 heterocycles. The van der Waals surface area contributed by atoms with Crippen LogP contribution in [0, 0.1) is 12.7 Å². The summed E-state index contributed by atoms with van der Waals surface area (Å²) in [6, 6.07) is 11.8. The molecule has 0 radical (unpaired) electrons. The van der Waals surface area contributed by atoms with E-state index < -0.39 is 0 Å². The summed E-state index contributed by atoms with van der Waals surface area (Å²) in [4.78, 5) is 8.67. The Bertz CT molecular complexity index is 722. The number of rotatable bonds is 4. The van der Waals surface area contributed by atoms with Crippen LogP contribution in [0.5, 0.6) is 0 Å². The van der Waals surface area contributed by atoms with Crippen molar-refractivity contribution in [2.75, 3.05) is 5.32 Å². The molecule has 6 heteroatoms. The molecule has 2 aromatic heterocycles. The molecule has 0 bridgehead atoms. The molecule has 1 aromatic carbocycles. The average Bonchev–Trinajstić information content (AvgIpc) is 2.89. The molecule has 5 nitrogen and oxygen atoms in total. The minimum atomic E-state index is -0.256. The molecular weight excluding hydrogens is 269 g/mol. The normalized spacial score (nSPS) is 10.6. The number of benzene rings is 1. The van der Waals surface area contributed by atoms with Gasteiger partial charge in [-0.25, -0.2) is 14.4 Å². The topological polar surface area (TPSA) is 55.6 Å². The Labute approximate surface area is 121 Å². The van der Waals surface area contributed by atoms with Crippen molar-refractivity contribution >= 4 is 5.69 Å². The number of hydrogen-bond donors (Lipinski definition) is 1. The fourth-order valence-electron chi connectivity index (χ4n) is 1.98. The predicted molar refractivity (Wildman–Crippen MR) is 77.6 cm³/mol. The molecule has 3 aromatic rings. The van der Waals surface area contributed by atoms with E-state index in [-0.39, 0.29) is 5.82 Å². The first-order valence-electron chi connectivity index (χ1n) is 6.56. The van der Waals surface area contributed by atoms with Gasteiger partial charge in [-0.05, 0) is 43.3 Å². The number of nitrogens with one attached hydrogen (secondary N) is 1. The molecule has 3 rings (SSSR count). The first kappa shape index (κ1) is 13.2. The SMILES string of the molecule is Cc1nc(CNc2ccc(F)cc2)n(-c2ccccn2)n1. The summed E-state index contributed by atoms with van der Waals surface area (Å²) in [6.07, 6.45) is 1.71. The molecular formula is C15H14FN5. The van der Waals surface area contributed by atoms with E-state index in [0.29, 0.717) is 18.2 Å². The van der Waals surface area contributed by atoms with Crippen molar-refractivity contribution < 1.29 is 4.39 Å². The van der Waals surface area contributed by atoms with Gasteiger partial charge in [0, 0.05) is 11.9 Å². The lowest BCUT2D eigenvalue weighted by molar-refractivity contribution is 0.628. The number of nitrogens with zero attached hydrogens (tertiary/aromatic N) is 4. The third-order valence-corrected chi connectivity index (χ3v) is 2.94. The van der Waals surface area contributed by atoms with E-state index in [1.54, 1.807) is 23.0 Å². The third kappa shape index (κ3) is 3.05. The van der Waals surface area contributed by atoms with Gasteiger partial charge in [0.2, 0.25) is 0 Å². The second-order valence-electron chi connectivity index (χ2n) is 4.54. The van der Waals surface area contributed by atoms with Crippen molar-refractivity contribution in [3.8, 4) is 5.82 Å². The summed E-state index contributed by atoms with van der Waals surface area (Å²) >= 11 is 0. The Morgan fingerprint density at radius 3 is 2.67 bits per heavy atom. The largest absolute Gasteiger partial charge is 0.378 e. The summed E-state index contributed by atoms with van der Waals surface area (Å²) in [5.41, 5.74) is 0.824. The lowest BCUT2D eigenvalue weighted by Gasteiger charge is -2.07. The monoisotopic (exact) mass is 283 g/mol. The molecule has 0 spiro atoms. The highest BCUT2D eigenvalue weighted by Gasteiger charge is 2.09. The van der Waals surface area contributed by atoms with Crippen LogP contribution in [0.4, 0.5) is 10.1 Å². The van der Waals surface area contributed by atoms with Crippen LogP contribution >= 0.6 is 0 Å². The molecule has 1 N–H and O–H groups in total. The van der Waals surface area contributed by atoms with E-state index in [2.05, 4.69) is 20.4 Å². The maximum absolute atomic E-state index is 12.9. The van der Waals surface area contributed by atoms with Crippen molar-refractivity contribution in [3.63, 3.8) is 0 Å². The Kier molecular flexibility index (Phi) is 3.59. The van der Waals surface area contributed by atoms with Gasteiger partial charge in [0.25, 0.3) is 0 Å². The first-order chi connectivity index (χ1) is 10.2. The van der Waals surface area contributed by atoms with Crippen LogP contribution in [-0.2, 0) is 6.54 Å². The van der Waals surface area contributed by atoms with E-state index in [1.807, 2.05) is 25.1 Å². The van der Waals surface area contributed by atoms with Gasteiger partial charge in [-0.15, -0.1) is 5.10 Å². The third-order valence-electron chi connectivity index (χ3n) is 2.94. The molecule has 0 fully saturated rings. The lowest BCUT2D eigenvalue weighted by atomic mass is 10.3. The van der Waals surface area contributed by atoms with Gasteiger partial charge >= 0.3 is 0 Å². The maximum Gasteiger partial charge on any atom is 0.155 e. The van der Waals surface area contributed by atoms with Crippen LogP contribution in [0.25, 0.3) is 5.82 Å². The molecule has 0 atom stereocenters.